The average molecular weight is 717 g/mol. The largest absolute Gasteiger partial charge is 0.384 e. The van der Waals surface area contributed by atoms with E-state index in [0.29, 0.717) is 37.9 Å². The predicted octanol–water partition coefficient (Wildman–Crippen LogP) is 4.65. The van der Waals surface area contributed by atoms with Crippen LogP contribution in [0.15, 0.2) is 29.3 Å². The van der Waals surface area contributed by atoms with Crippen LogP contribution in [0.5, 0.6) is 0 Å². The summed E-state index contributed by atoms with van der Waals surface area (Å²) in [4.78, 5) is 46.9. The van der Waals surface area contributed by atoms with Crippen LogP contribution in [0.1, 0.15) is 127 Å². The van der Waals surface area contributed by atoms with Gasteiger partial charge in [-0.3, -0.25) is 24.8 Å². The summed E-state index contributed by atoms with van der Waals surface area (Å²) in [5.41, 5.74) is 18.7. The smallest absolute Gasteiger partial charge is 0.243 e. The minimum atomic E-state index is -0.743. The van der Waals surface area contributed by atoms with Crippen molar-refractivity contribution in [3.05, 3.63) is 35.4 Å². The molecule has 2 unspecified atom stereocenters. The Hall–Kier alpha value is -3.63. The van der Waals surface area contributed by atoms with Crippen molar-refractivity contribution in [1.82, 2.24) is 16.0 Å². The summed E-state index contributed by atoms with van der Waals surface area (Å²) in [5, 5.41) is 17.5. The molecule has 0 aliphatic heterocycles. The van der Waals surface area contributed by atoms with E-state index in [1.54, 1.807) is 0 Å². The van der Waals surface area contributed by atoms with Crippen molar-refractivity contribution < 1.29 is 14.4 Å². The lowest BCUT2D eigenvalue weighted by Gasteiger charge is -2.57. The molecule has 11 nitrogen and oxygen atoms in total. The van der Waals surface area contributed by atoms with E-state index in [1.807, 2.05) is 24.3 Å². The second kappa shape index (κ2) is 17.5. The van der Waals surface area contributed by atoms with E-state index in [-0.39, 0.29) is 52.7 Å². The van der Waals surface area contributed by atoms with Gasteiger partial charge in [-0.2, -0.15) is 0 Å². The molecule has 7 rings (SSSR count). The number of nitrogens with zero attached hydrogens (tertiary/aromatic N) is 1. The summed E-state index contributed by atoms with van der Waals surface area (Å²) >= 11 is 0. The van der Waals surface area contributed by atoms with E-state index < -0.39 is 12.1 Å². The molecule has 3 atom stereocenters. The van der Waals surface area contributed by atoms with Gasteiger partial charge in [-0.15, -0.1) is 0 Å². The lowest BCUT2D eigenvalue weighted by atomic mass is 9.49. The zero-order valence-electron chi connectivity index (χ0n) is 31.2. The van der Waals surface area contributed by atoms with Gasteiger partial charge < -0.3 is 33.2 Å². The molecule has 0 aromatic heterocycles. The molecule has 52 heavy (non-hydrogen) atoms. The van der Waals surface area contributed by atoms with Crippen LogP contribution >= 0.6 is 0 Å². The SMILES string of the molecule is N=C(N)c1ccc(CC(C(=O)NC(C(=O)N[C@@H](CCCN=C(N)N)C(=O)NCC23CC4CC(CC(C4)C2)C3)C2CCCCC2)C2CCCCC2)cc1. The third kappa shape index (κ3) is 9.86. The number of rotatable bonds is 16. The number of carbonyl (C=O) groups is 3. The topological polar surface area (TPSA) is 202 Å². The van der Waals surface area contributed by atoms with Gasteiger partial charge in [0.2, 0.25) is 17.7 Å². The van der Waals surface area contributed by atoms with Crippen molar-refractivity contribution in [1.29, 1.82) is 5.41 Å². The first-order chi connectivity index (χ1) is 25.1. The van der Waals surface area contributed by atoms with E-state index in [9.17, 15) is 14.4 Å². The second-order valence-electron chi connectivity index (χ2n) is 17.3. The van der Waals surface area contributed by atoms with Gasteiger partial charge in [-0.1, -0.05) is 62.8 Å². The fraction of sp³-hybridized carbons (Fsp3) is 0.732. The summed E-state index contributed by atoms with van der Waals surface area (Å²) in [6.07, 6.45) is 19.4. The molecular formula is C41H64N8O3. The maximum absolute atomic E-state index is 14.4. The summed E-state index contributed by atoms with van der Waals surface area (Å²) in [6, 6.07) is 6.14. The molecule has 6 aliphatic carbocycles. The molecule has 286 valence electrons. The number of hydrogen-bond acceptors (Lipinski definition) is 5. The van der Waals surface area contributed by atoms with Crippen molar-refractivity contribution in [2.75, 3.05) is 13.1 Å². The third-order valence-electron chi connectivity index (χ3n) is 13.4. The van der Waals surface area contributed by atoms with Crippen LogP contribution in [0, 0.1) is 46.3 Å². The zero-order chi connectivity index (χ0) is 36.7. The predicted molar refractivity (Wildman–Crippen MR) is 205 cm³/mol. The number of nitrogens with one attached hydrogen (secondary N) is 4. The highest BCUT2D eigenvalue weighted by molar-refractivity contribution is 5.95. The van der Waals surface area contributed by atoms with Crippen molar-refractivity contribution in [2.45, 2.75) is 134 Å². The van der Waals surface area contributed by atoms with Gasteiger partial charge in [0, 0.05) is 24.6 Å². The molecule has 0 radical (unpaired) electrons. The Kier molecular flexibility index (Phi) is 12.8. The molecule has 11 heteroatoms. The Bertz CT molecular complexity index is 1390. The first kappa shape index (κ1) is 38.1. The van der Waals surface area contributed by atoms with E-state index in [1.165, 1.54) is 44.9 Å². The molecule has 0 saturated heterocycles. The maximum Gasteiger partial charge on any atom is 0.243 e. The molecule has 1 aromatic rings. The molecule has 6 aliphatic rings. The molecule has 10 N–H and O–H groups in total. The lowest BCUT2D eigenvalue weighted by Crippen LogP contribution is -2.58. The second-order valence-corrected chi connectivity index (χ2v) is 17.3. The van der Waals surface area contributed by atoms with Crippen LogP contribution < -0.4 is 33.2 Å². The molecule has 6 fully saturated rings. The Balaban J connectivity index is 1.17. The summed E-state index contributed by atoms with van der Waals surface area (Å²) in [6.45, 7) is 1.03. The highest BCUT2D eigenvalue weighted by Gasteiger charge is 2.51. The number of hydrogen-bond donors (Lipinski definition) is 7. The van der Waals surface area contributed by atoms with Crippen molar-refractivity contribution >= 4 is 29.5 Å². The average Bonchev–Trinajstić information content (AvgIpc) is 3.13. The van der Waals surface area contributed by atoms with Crippen molar-refractivity contribution in [2.24, 2.45) is 63.1 Å². The van der Waals surface area contributed by atoms with E-state index >= 15 is 0 Å². The number of amides is 3. The number of amidine groups is 1. The monoisotopic (exact) mass is 717 g/mol. The number of benzene rings is 1. The number of nitrogen functional groups attached to an aromatic ring is 1. The lowest BCUT2D eigenvalue weighted by molar-refractivity contribution is -0.136. The van der Waals surface area contributed by atoms with Crippen LogP contribution in [0.2, 0.25) is 0 Å². The number of aliphatic imine (C=N–C) groups is 1. The van der Waals surface area contributed by atoms with Crippen LogP contribution in [0.4, 0.5) is 0 Å². The Morgan fingerprint density at radius 3 is 1.90 bits per heavy atom. The van der Waals surface area contributed by atoms with Gasteiger partial charge in [-0.05, 0) is 124 Å². The number of nitrogens with two attached hydrogens (primary N) is 3. The first-order valence-corrected chi connectivity index (χ1v) is 20.4. The highest BCUT2D eigenvalue weighted by Crippen LogP contribution is 2.59. The van der Waals surface area contributed by atoms with Gasteiger partial charge >= 0.3 is 0 Å². The summed E-state index contributed by atoms with van der Waals surface area (Å²) < 4.78 is 0. The van der Waals surface area contributed by atoms with Gasteiger partial charge in [0.05, 0.1) is 0 Å². The minimum Gasteiger partial charge on any atom is -0.384 e. The molecular weight excluding hydrogens is 653 g/mol. The van der Waals surface area contributed by atoms with Crippen LogP contribution in [-0.4, -0.2) is 54.7 Å². The van der Waals surface area contributed by atoms with Gasteiger partial charge in [-0.25, -0.2) is 0 Å². The molecule has 4 bridgehead atoms. The molecule has 6 saturated carbocycles. The quantitative estimate of drug-likeness (QED) is 0.0738. The zero-order valence-corrected chi connectivity index (χ0v) is 31.2. The van der Waals surface area contributed by atoms with Crippen molar-refractivity contribution in [3.8, 4) is 0 Å². The fourth-order valence-corrected chi connectivity index (χ4v) is 11.1. The summed E-state index contributed by atoms with van der Waals surface area (Å²) in [5.74, 6) is 1.85. The molecule has 0 heterocycles. The Morgan fingerprint density at radius 1 is 0.769 bits per heavy atom. The Labute approximate surface area is 310 Å². The number of guanidine groups is 1. The van der Waals surface area contributed by atoms with Crippen LogP contribution in [0.3, 0.4) is 0 Å². The van der Waals surface area contributed by atoms with E-state index in [0.717, 1.165) is 81.1 Å². The van der Waals surface area contributed by atoms with E-state index in [2.05, 4.69) is 20.9 Å². The summed E-state index contributed by atoms with van der Waals surface area (Å²) in [7, 11) is 0. The Morgan fingerprint density at radius 2 is 1.35 bits per heavy atom. The van der Waals surface area contributed by atoms with Gasteiger partial charge in [0.25, 0.3) is 0 Å². The minimum absolute atomic E-state index is 0.00856. The standard InChI is InChI=1S/C41H64N8O3/c42-36(43)32-15-13-26(14-16-32)21-33(30-8-3-1-4-9-30)37(50)49-35(31-10-5-2-6-11-31)39(52)48-34(12-7-17-46-40(44)45)38(51)47-25-41-22-27-18-28(23-41)20-29(19-27)24-41/h13-16,27-31,33-35H,1-12,17-25H2,(H3,42,43)(H,47,51)(H,48,52)(H,49,50)(H4,44,45,46)/t27?,28?,29?,33?,34-,35?,41?/m0/s1. The normalized spacial score (nSPS) is 27.6. The molecule has 0 spiro atoms. The van der Waals surface area contributed by atoms with Gasteiger partial charge in [0.1, 0.15) is 17.9 Å². The third-order valence-corrected chi connectivity index (χ3v) is 13.4. The van der Waals surface area contributed by atoms with Gasteiger partial charge in [0.15, 0.2) is 5.96 Å². The van der Waals surface area contributed by atoms with Crippen LogP contribution in [0.25, 0.3) is 0 Å². The maximum atomic E-state index is 14.4. The fourth-order valence-electron chi connectivity index (χ4n) is 11.1. The number of carbonyl (C=O) groups excluding carboxylic acids is 3. The first-order valence-electron chi connectivity index (χ1n) is 20.4. The molecule has 3 amide bonds. The highest BCUT2D eigenvalue weighted by atomic mass is 16.2. The van der Waals surface area contributed by atoms with E-state index in [4.69, 9.17) is 22.6 Å². The van der Waals surface area contributed by atoms with Crippen molar-refractivity contribution in [3.63, 3.8) is 0 Å². The molecule has 1 aromatic carbocycles. The van der Waals surface area contributed by atoms with Crippen LogP contribution in [-0.2, 0) is 20.8 Å².